The van der Waals surface area contributed by atoms with Gasteiger partial charge in [0.1, 0.15) is 0 Å². The van der Waals surface area contributed by atoms with Crippen molar-refractivity contribution in [3.05, 3.63) is 40.4 Å². The van der Waals surface area contributed by atoms with Gasteiger partial charge in [0.05, 0.1) is 10.7 Å². The average molecular weight is 349 g/mol. The Bertz CT molecular complexity index is 775. The second kappa shape index (κ2) is 6.13. The van der Waals surface area contributed by atoms with Gasteiger partial charge in [-0.15, -0.1) is 10.2 Å². The predicted molar refractivity (Wildman–Crippen MR) is 76.2 cm³/mol. The van der Waals surface area contributed by atoms with Crippen LogP contribution >= 0.6 is 19.2 Å². The predicted octanol–water partition coefficient (Wildman–Crippen LogP) is 1.77. The largest absolute Gasteiger partial charge is 0.348 e. The maximum atomic E-state index is 13.6. The van der Waals surface area contributed by atoms with Crippen LogP contribution < -0.4 is 5.32 Å². The summed E-state index contributed by atoms with van der Waals surface area (Å²) in [5.41, 5.74) is 0.438. The minimum atomic E-state index is -4.49. The van der Waals surface area contributed by atoms with Crippen LogP contribution in [0.3, 0.4) is 0 Å². The van der Waals surface area contributed by atoms with Crippen LogP contribution in [-0.4, -0.2) is 30.7 Å². The van der Waals surface area contributed by atoms with E-state index < -0.39 is 31.4 Å². The Hall–Kier alpha value is -1.80. The summed E-state index contributed by atoms with van der Waals surface area (Å²) in [5.74, 6) is -2.17. The summed E-state index contributed by atoms with van der Waals surface area (Å²) in [6.07, 6.45) is -0.928. The van der Waals surface area contributed by atoms with E-state index in [4.69, 9.17) is 21.4 Å². The second-order valence-corrected chi connectivity index (χ2v) is 6.47. The van der Waals surface area contributed by atoms with Gasteiger partial charge in [-0.25, -0.2) is 0 Å². The van der Waals surface area contributed by atoms with E-state index in [2.05, 4.69) is 15.5 Å². The molecule has 3 N–H and O–H groups in total. The molecule has 0 spiro atoms. The molecule has 2 aromatic rings. The van der Waals surface area contributed by atoms with Crippen molar-refractivity contribution in [2.24, 2.45) is 0 Å². The fourth-order valence-corrected chi connectivity index (χ4v) is 2.34. The molecule has 0 fully saturated rings. The molecule has 8 nitrogen and oxygen atoms in total. The molecule has 1 amide bonds. The molecule has 1 aromatic heterocycles. The van der Waals surface area contributed by atoms with Crippen molar-refractivity contribution in [3.8, 4) is 0 Å². The first-order chi connectivity index (χ1) is 10.2. The Kier molecular flexibility index (Phi) is 4.62. The van der Waals surface area contributed by atoms with Gasteiger partial charge in [-0.05, 0) is 24.6 Å². The van der Waals surface area contributed by atoms with Crippen LogP contribution in [-0.2, 0) is 10.9 Å². The lowest BCUT2D eigenvalue weighted by Gasteiger charge is -2.06. The smallest absolute Gasteiger partial charge is 0.323 e. The summed E-state index contributed by atoms with van der Waals surface area (Å²) in [6, 6.07) is 4.84. The minimum absolute atomic E-state index is 0.251. The van der Waals surface area contributed by atoms with E-state index in [1.54, 1.807) is 12.1 Å². The first-order valence-corrected chi connectivity index (χ1v) is 8.06. The third kappa shape index (κ3) is 4.11. The number of carbonyl (C=O) groups is 1. The average Bonchev–Trinajstić information content (AvgIpc) is 2.71. The summed E-state index contributed by atoms with van der Waals surface area (Å²) in [6.45, 7) is 1.81. The molecule has 22 heavy (non-hydrogen) atoms. The minimum Gasteiger partial charge on any atom is -0.323 e. The Labute approximate surface area is 129 Å². The SMILES string of the molecule is Cc1ccc(NC(=O)c2nn(CP(=O)(O)O)nc2F)c(Cl)c1. The molecule has 0 saturated heterocycles. The van der Waals surface area contributed by atoms with E-state index in [9.17, 15) is 13.8 Å². The fraction of sp³-hybridized carbons (Fsp3) is 0.182. The van der Waals surface area contributed by atoms with Crippen LogP contribution in [0.2, 0.25) is 5.02 Å². The van der Waals surface area contributed by atoms with Crippen molar-refractivity contribution >= 4 is 30.8 Å². The van der Waals surface area contributed by atoms with Crippen molar-refractivity contribution in [1.82, 2.24) is 15.0 Å². The number of aromatic nitrogens is 3. The number of nitrogens with one attached hydrogen (secondary N) is 1. The number of hydrogen-bond acceptors (Lipinski definition) is 4. The van der Waals surface area contributed by atoms with Crippen LogP contribution in [0.15, 0.2) is 18.2 Å². The highest BCUT2D eigenvalue weighted by molar-refractivity contribution is 7.50. The lowest BCUT2D eigenvalue weighted by Crippen LogP contribution is -2.15. The Morgan fingerprint density at radius 3 is 2.73 bits per heavy atom. The fourth-order valence-electron chi connectivity index (χ4n) is 1.60. The van der Waals surface area contributed by atoms with E-state index in [1.807, 2.05) is 6.92 Å². The molecule has 0 aliphatic rings. The van der Waals surface area contributed by atoms with Crippen molar-refractivity contribution in [3.63, 3.8) is 0 Å². The molecular formula is C11H11ClFN4O4P. The van der Waals surface area contributed by atoms with Crippen molar-refractivity contribution in [2.45, 2.75) is 13.2 Å². The van der Waals surface area contributed by atoms with Gasteiger partial charge >= 0.3 is 7.60 Å². The zero-order chi connectivity index (χ0) is 16.5. The van der Waals surface area contributed by atoms with Crippen LogP contribution in [0.4, 0.5) is 10.1 Å². The molecule has 1 aromatic carbocycles. The van der Waals surface area contributed by atoms with Crippen LogP contribution in [0.1, 0.15) is 16.1 Å². The normalized spacial score (nSPS) is 11.5. The molecule has 1 heterocycles. The zero-order valence-corrected chi connectivity index (χ0v) is 12.8. The standard InChI is InChI=1S/C11H11ClFN4O4P/c1-6-2-3-8(7(12)4-6)14-11(18)9-10(13)16-17(15-9)5-22(19,20)21/h2-4H,5H2,1H3,(H,14,18)(H2,19,20,21). The Balaban J connectivity index is 2.21. The van der Waals surface area contributed by atoms with Gasteiger partial charge < -0.3 is 15.1 Å². The van der Waals surface area contributed by atoms with Crippen molar-refractivity contribution in [1.29, 1.82) is 0 Å². The van der Waals surface area contributed by atoms with Crippen LogP contribution in [0, 0.1) is 12.9 Å². The van der Waals surface area contributed by atoms with Gasteiger partial charge in [0.2, 0.25) is 5.69 Å². The highest BCUT2D eigenvalue weighted by atomic mass is 35.5. The lowest BCUT2D eigenvalue weighted by molar-refractivity contribution is 0.101. The Morgan fingerprint density at radius 1 is 1.45 bits per heavy atom. The molecular weight excluding hydrogens is 338 g/mol. The summed E-state index contributed by atoms with van der Waals surface area (Å²) in [5, 5.41) is 9.18. The molecule has 0 bridgehead atoms. The summed E-state index contributed by atoms with van der Waals surface area (Å²) in [7, 11) is -4.49. The van der Waals surface area contributed by atoms with Gasteiger partial charge in [0.15, 0.2) is 6.29 Å². The molecule has 0 saturated carbocycles. The molecule has 0 unspecified atom stereocenters. The van der Waals surface area contributed by atoms with Gasteiger partial charge in [0, 0.05) is 0 Å². The number of halogens is 2. The van der Waals surface area contributed by atoms with Gasteiger partial charge in [-0.3, -0.25) is 9.36 Å². The number of hydrogen-bond donors (Lipinski definition) is 3. The first kappa shape index (κ1) is 16.6. The van der Waals surface area contributed by atoms with Gasteiger partial charge in [-0.1, -0.05) is 17.7 Å². The quantitative estimate of drug-likeness (QED) is 0.725. The van der Waals surface area contributed by atoms with E-state index >= 15 is 0 Å². The third-order valence-electron chi connectivity index (χ3n) is 2.51. The number of benzene rings is 1. The van der Waals surface area contributed by atoms with Crippen LogP contribution in [0.25, 0.3) is 0 Å². The number of carbonyl (C=O) groups excluding carboxylic acids is 1. The molecule has 0 atom stereocenters. The number of amides is 1. The van der Waals surface area contributed by atoms with Gasteiger partial charge in [-0.2, -0.15) is 9.19 Å². The van der Waals surface area contributed by atoms with Crippen LogP contribution in [0.5, 0.6) is 0 Å². The maximum Gasteiger partial charge on any atom is 0.348 e. The topological polar surface area (TPSA) is 117 Å². The Morgan fingerprint density at radius 2 is 2.14 bits per heavy atom. The molecule has 0 aliphatic heterocycles. The number of aryl methyl sites for hydroxylation is 1. The summed E-state index contributed by atoms with van der Waals surface area (Å²) < 4.78 is 24.4. The van der Waals surface area contributed by atoms with E-state index in [0.717, 1.165) is 5.56 Å². The van der Waals surface area contributed by atoms with Crippen molar-refractivity contribution in [2.75, 3.05) is 5.32 Å². The molecule has 0 aliphatic carbocycles. The lowest BCUT2D eigenvalue weighted by atomic mass is 10.2. The van der Waals surface area contributed by atoms with E-state index in [-0.39, 0.29) is 10.7 Å². The zero-order valence-electron chi connectivity index (χ0n) is 11.2. The number of rotatable bonds is 4. The van der Waals surface area contributed by atoms with Gasteiger partial charge in [0.25, 0.3) is 11.9 Å². The summed E-state index contributed by atoms with van der Waals surface area (Å²) in [4.78, 5) is 29.9. The summed E-state index contributed by atoms with van der Waals surface area (Å²) >= 11 is 5.94. The number of anilines is 1. The molecule has 0 radical (unpaired) electrons. The van der Waals surface area contributed by atoms with E-state index in [0.29, 0.717) is 4.80 Å². The first-order valence-electron chi connectivity index (χ1n) is 5.88. The molecule has 118 valence electrons. The molecule has 11 heteroatoms. The van der Waals surface area contributed by atoms with Crippen molar-refractivity contribution < 1.29 is 23.5 Å². The number of nitrogens with zero attached hydrogens (tertiary/aromatic N) is 3. The third-order valence-corrected chi connectivity index (χ3v) is 3.45. The maximum absolute atomic E-state index is 13.6. The molecule has 2 rings (SSSR count). The van der Waals surface area contributed by atoms with E-state index in [1.165, 1.54) is 6.07 Å². The highest BCUT2D eigenvalue weighted by Gasteiger charge is 2.23. The monoisotopic (exact) mass is 348 g/mol. The second-order valence-electron chi connectivity index (χ2n) is 4.46. The highest BCUT2D eigenvalue weighted by Crippen LogP contribution is 2.35.